The molecule has 5 heterocycles. The van der Waals surface area contributed by atoms with Crippen LogP contribution < -0.4 is 9.30 Å². The lowest BCUT2D eigenvalue weighted by atomic mass is 9.62. The third kappa shape index (κ3) is 9.26. The Hall–Kier alpha value is -10.6. The second-order valence-corrected chi connectivity index (χ2v) is 26.3. The van der Waals surface area contributed by atoms with E-state index in [4.69, 9.17) is 26.2 Å². The van der Waals surface area contributed by atoms with Crippen LogP contribution in [0, 0.1) is 6.33 Å². The number of imidazole rings is 1. The van der Waals surface area contributed by atoms with Gasteiger partial charge in [0.15, 0.2) is 0 Å². The zero-order chi connectivity index (χ0) is 99.3. The monoisotopic (exact) mass is 1310 g/mol. The first-order chi connectivity index (χ1) is 62.8. The fraction of sp³-hybridized carbons (Fsp3) is 0.217. The molecule has 98 heavy (non-hydrogen) atoms. The summed E-state index contributed by atoms with van der Waals surface area (Å²) in [4.78, 5) is 5.09. The lowest BCUT2D eigenvalue weighted by molar-refractivity contribution is -0.571. The Labute approximate surface area is 627 Å². The lowest BCUT2D eigenvalue weighted by Gasteiger charge is -2.42. The van der Waals surface area contributed by atoms with Crippen molar-refractivity contribution in [3.05, 3.63) is 277 Å². The van der Waals surface area contributed by atoms with Crippen LogP contribution >= 0.6 is 0 Å². The molecule has 0 spiro atoms. The van der Waals surface area contributed by atoms with Crippen molar-refractivity contribution >= 4 is 92.5 Å². The summed E-state index contributed by atoms with van der Waals surface area (Å²) in [7, 11) is 0. The number of benzene rings is 11. The molecule has 18 rings (SSSR count). The Balaban J connectivity index is 0.930. The molecule has 6 nitrogen and oxygen atoms in total. The van der Waals surface area contributed by atoms with Gasteiger partial charge in [-0.3, -0.25) is 13.7 Å². The molecular weight excluding hydrogens is 1190 g/mol. The number of fused-ring (bicyclic) bond motifs is 16. The highest BCUT2D eigenvalue weighted by molar-refractivity contribution is 6.27. The van der Waals surface area contributed by atoms with E-state index in [1.807, 2.05) is 60.7 Å². The predicted molar refractivity (Wildman–Crippen MR) is 410 cm³/mol. The molecule has 0 saturated heterocycles. The van der Waals surface area contributed by atoms with Gasteiger partial charge in [-0.1, -0.05) is 245 Å². The highest BCUT2D eigenvalue weighted by atomic mass is 16.5. The van der Waals surface area contributed by atoms with Crippen molar-refractivity contribution in [3.8, 4) is 50.9 Å². The summed E-state index contributed by atoms with van der Waals surface area (Å²) in [6, 6.07) is 49.5. The average molecular weight is 1310 g/mol. The van der Waals surface area contributed by atoms with E-state index < -0.39 is 188 Å². The molecule has 16 aromatic rings. The van der Waals surface area contributed by atoms with Crippen molar-refractivity contribution < 1.29 is 61.4 Å². The minimum Gasteiger partial charge on any atom is -0.458 e. The second-order valence-electron chi connectivity index (χ2n) is 26.3. The summed E-state index contributed by atoms with van der Waals surface area (Å²) in [5.74, 6) is 0.921. The molecule has 2 aliphatic rings. The largest absolute Gasteiger partial charge is 0.458 e. The number of hydrogen-bond donors (Lipinski definition) is 0. The quantitative estimate of drug-likeness (QED) is 0.118. The van der Waals surface area contributed by atoms with Crippen LogP contribution in [0.25, 0.3) is 132 Å². The van der Waals surface area contributed by atoms with Crippen molar-refractivity contribution in [3.63, 3.8) is 0 Å². The first-order valence-electron chi connectivity index (χ1n) is 50.8. The topological polar surface area (TPSA) is 40.3 Å². The van der Waals surface area contributed by atoms with Gasteiger partial charge in [0.05, 0.1) is 58.2 Å². The van der Waals surface area contributed by atoms with Crippen LogP contribution in [0.3, 0.4) is 0 Å². The van der Waals surface area contributed by atoms with Crippen LogP contribution in [0.5, 0.6) is 11.5 Å². The first-order valence-corrected chi connectivity index (χ1v) is 31.8. The van der Waals surface area contributed by atoms with Gasteiger partial charge < -0.3 is 9.14 Å². The van der Waals surface area contributed by atoms with Crippen LogP contribution in [-0.2, 0) is 27.1 Å². The zero-order valence-corrected chi connectivity index (χ0v) is 52.8. The standard InChI is InChI=1S/C92H81N5O/c1-88(2,3)59-43-48-93-85(51-59)96-82-53-62(39-40-70(82)74-55-84-73(54-83(74)96)68-28-15-13-26-66(68)65-25-12-14-27-67(65)71-32-22-33-72-69-29-16-17-34-79(69)97(84)87(71)72)98-61-24-20-23-60(52-61)94-56-95(81-36-19-18-35-80(81)94)86-63(57-37-41-75-77(49-57)91(8,9)46-44-89(75,4)5)30-21-31-64(86)58-38-42-76-78(50-58)92(10,11)47-45-90(76,6)7/h12-43,48-55H,44-47H2,1-11H3/i4D3,5D3,6D3,7D3,8D3,9D3,10D3,11D3,37D,38D,41D,42D,44D2,45D2,46D2,47D2,49D,50D. The predicted octanol–water partition coefficient (Wildman–Crippen LogP) is 23.9. The van der Waals surface area contributed by atoms with E-state index in [-0.39, 0.29) is 33.6 Å². The molecule has 480 valence electrons. The maximum atomic E-state index is 10.5. The summed E-state index contributed by atoms with van der Waals surface area (Å²) >= 11 is 0. The molecule has 0 N–H and O–H groups in total. The van der Waals surface area contributed by atoms with E-state index in [1.165, 1.54) is 34.9 Å². The molecule has 0 fully saturated rings. The first kappa shape index (κ1) is 32.2. The summed E-state index contributed by atoms with van der Waals surface area (Å²) in [6.45, 7) is -30.3. The third-order valence-electron chi connectivity index (χ3n) is 19.0. The van der Waals surface area contributed by atoms with Gasteiger partial charge >= 0.3 is 0 Å². The smallest absolute Gasteiger partial charge is 0.269 e. The van der Waals surface area contributed by atoms with Crippen molar-refractivity contribution in [2.75, 3.05) is 0 Å². The SMILES string of the molecule is [2H]c1c([2H])c2c(c([2H])c1-c1cccc(-c3c([2H])c([2H])c4c(c3[2H])C(C([2H])([2H])[2H])(C([2H])([2H])[2H])C([2H])([2H])C([2H])([2H])C4(C([2H])([2H])[2H])C([2H])([2H])[2H])c1-[n+]1[c-]n(-c3cccc(Oc4ccc5c6cc7c(cc6n(-c6cc(C(C)(C)C)ccn6)c5c4)c4ccccc4c4ccccc4c4cccc5c6ccccc6n7c45)c3)c3ccccc31)C(C([2H])([2H])[2H])(C([2H])([2H])[2H])C([2H])([2H])C([2H])([2H])C2(C([2H])([2H])[2H])C([2H])([2H])[2H]. The molecule has 0 saturated carbocycles. The molecule has 0 bridgehead atoms. The van der Waals surface area contributed by atoms with Crippen LogP contribution in [0.1, 0.15) is 181 Å². The molecule has 0 unspecified atom stereocenters. The van der Waals surface area contributed by atoms with E-state index in [0.29, 0.717) is 11.3 Å². The fourth-order valence-electron chi connectivity index (χ4n) is 14.4. The highest BCUT2D eigenvalue weighted by Gasteiger charge is 2.39. The number of aromatic nitrogens is 5. The zero-order valence-electron chi connectivity index (χ0n) is 90.8. The molecule has 0 amide bonds. The third-order valence-corrected chi connectivity index (χ3v) is 19.0. The number of ether oxygens (including phenoxy) is 1. The summed E-state index contributed by atoms with van der Waals surface area (Å²) in [6.07, 6.45) is -14.5. The van der Waals surface area contributed by atoms with E-state index in [1.54, 1.807) is 30.5 Å². The van der Waals surface area contributed by atoms with E-state index in [0.717, 1.165) is 104 Å². The molecule has 11 aromatic carbocycles. The number of hydrogen-bond acceptors (Lipinski definition) is 2. The van der Waals surface area contributed by atoms with Gasteiger partial charge in [-0.05, 0) is 185 Å². The Bertz CT molecular complexity index is 7620. The minimum atomic E-state index is -4.87. The van der Waals surface area contributed by atoms with Crippen molar-refractivity contribution in [2.45, 2.75) is 128 Å². The maximum absolute atomic E-state index is 10.5. The molecule has 0 aliphatic heterocycles. The summed E-state index contributed by atoms with van der Waals surface area (Å²) in [5, 5.41) is 9.59. The fourth-order valence-corrected chi connectivity index (χ4v) is 14.4. The van der Waals surface area contributed by atoms with Gasteiger partial charge in [-0.15, -0.1) is 0 Å². The highest BCUT2D eigenvalue weighted by Crippen LogP contribution is 2.51. The Morgan fingerprint density at radius 2 is 0.959 bits per heavy atom. The van der Waals surface area contributed by atoms with Crippen molar-refractivity contribution in [2.24, 2.45) is 0 Å². The molecule has 0 radical (unpaired) electrons. The Morgan fingerprint density at radius 3 is 1.60 bits per heavy atom. The lowest BCUT2D eigenvalue weighted by Crippen LogP contribution is -2.34. The number of nitrogens with zero attached hydrogens (tertiary/aromatic N) is 5. The molecular formula is C92H81N5O. The molecule has 2 aliphatic carbocycles. The van der Waals surface area contributed by atoms with E-state index in [9.17, 15) is 35.6 Å². The molecule has 5 aromatic heterocycles. The number of para-hydroxylation sites is 5. The van der Waals surface area contributed by atoms with E-state index >= 15 is 0 Å². The van der Waals surface area contributed by atoms with Gasteiger partial charge in [-0.25, -0.2) is 4.98 Å². The van der Waals surface area contributed by atoms with Crippen molar-refractivity contribution in [1.29, 1.82) is 0 Å². The van der Waals surface area contributed by atoms with Crippen LogP contribution in [0.2, 0.25) is 0 Å². The normalized spacial score (nSPS) is 24.4. The van der Waals surface area contributed by atoms with Crippen molar-refractivity contribution in [1.82, 2.24) is 18.5 Å². The van der Waals surface area contributed by atoms with Gasteiger partial charge in [0, 0.05) is 88.4 Å². The minimum absolute atomic E-state index is 0.0384. The van der Waals surface area contributed by atoms with Crippen LogP contribution in [-0.4, -0.2) is 18.5 Å². The van der Waals surface area contributed by atoms with Crippen LogP contribution in [0.15, 0.2) is 243 Å². The Kier molecular flexibility index (Phi) is 7.05. The molecule has 0 atom stereocenters. The van der Waals surface area contributed by atoms with Crippen LogP contribution in [0.4, 0.5) is 0 Å². The van der Waals surface area contributed by atoms with Gasteiger partial charge in [0.2, 0.25) is 0 Å². The maximum Gasteiger partial charge on any atom is 0.269 e. The Morgan fingerprint density at radius 1 is 0.459 bits per heavy atom. The van der Waals surface area contributed by atoms with Gasteiger partial charge in [0.25, 0.3) is 6.33 Å². The second kappa shape index (κ2) is 21.5. The van der Waals surface area contributed by atoms with Gasteiger partial charge in [-0.2, -0.15) is 0 Å². The number of pyridine rings is 1. The average Bonchev–Trinajstić information content (AvgIpc) is 0.775. The molecule has 6 heteroatoms. The van der Waals surface area contributed by atoms with E-state index in [2.05, 4.69) is 103 Å². The summed E-state index contributed by atoms with van der Waals surface area (Å²) < 4.78 is 370. The summed E-state index contributed by atoms with van der Waals surface area (Å²) in [5.41, 5.74) is -26.9. The van der Waals surface area contributed by atoms with Gasteiger partial charge in [0.1, 0.15) is 17.3 Å². The number of rotatable bonds is 7.